The lowest BCUT2D eigenvalue weighted by Crippen LogP contribution is -2.17. The Morgan fingerprint density at radius 1 is 1.43 bits per heavy atom. The summed E-state index contributed by atoms with van der Waals surface area (Å²) in [6, 6.07) is 5.19. The van der Waals surface area contributed by atoms with Gasteiger partial charge in [0.2, 0.25) is 0 Å². The molecule has 2 rings (SSSR count). The number of halogens is 1. The van der Waals surface area contributed by atoms with Crippen LogP contribution in [0.15, 0.2) is 23.1 Å². The summed E-state index contributed by atoms with van der Waals surface area (Å²) >= 11 is 5.83. The molecule has 0 aliphatic carbocycles. The monoisotopic (exact) mass is 330 g/mol. The molecular formula is C14H19ClN2O3S. The van der Waals surface area contributed by atoms with Gasteiger partial charge in [0.05, 0.1) is 23.1 Å². The minimum absolute atomic E-state index is 0.00151. The van der Waals surface area contributed by atoms with E-state index < -0.39 is 9.84 Å². The molecule has 1 unspecified atom stereocenters. The second-order valence-corrected chi connectivity index (χ2v) is 7.38. The number of rotatable bonds is 6. The lowest BCUT2D eigenvalue weighted by Gasteiger charge is -2.13. The molecule has 0 aliphatic rings. The maximum Gasteiger partial charge on any atom is 0.177 e. The van der Waals surface area contributed by atoms with Crippen LogP contribution in [0.3, 0.4) is 0 Å². The molecule has 1 aromatic heterocycles. The van der Waals surface area contributed by atoms with Gasteiger partial charge in [-0.1, -0.05) is 6.07 Å². The minimum Gasteiger partial charge on any atom is -0.380 e. The standard InChI is InChI=1S/C14H19ClN2O3S/c1-10(20-2)9-17-11-5-4-6-12(21(3,18)19)14(11)16-13(17)7-8-15/h4-6,10H,7-9H2,1-3H3. The van der Waals surface area contributed by atoms with E-state index in [9.17, 15) is 8.42 Å². The summed E-state index contributed by atoms with van der Waals surface area (Å²) in [6.07, 6.45) is 1.77. The topological polar surface area (TPSA) is 61.2 Å². The zero-order valence-electron chi connectivity index (χ0n) is 12.3. The average molecular weight is 331 g/mol. The smallest absolute Gasteiger partial charge is 0.177 e. The van der Waals surface area contributed by atoms with E-state index in [0.29, 0.717) is 24.4 Å². The molecule has 116 valence electrons. The summed E-state index contributed by atoms with van der Waals surface area (Å²) < 4.78 is 31.1. The van der Waals surface area contributed by atoms with Gasteiger partial charge in [-0.15, -0.1) is 11.6 Å². The number of methoxy groups -OCH3 is 1. The maximum absolute atomic E-state index is 11.9. The van der Waals surface area contributed by atoms with Gasteiger partial charge in [0.15, 0.2) is 9.84 Å². The summed E-state index contributed by atoms with van der Waals surface area (Å²) in [4.78, 5) is 4.75. The van der Waals surface area contributed by atoms with Crippen LogP contribution in [0.2, 0.25) is 0 Å². The van der Waals surface area contributed by atoms with Crippen LogP contribution in [0.4, 0.5) is 0 Å². The summed E-state index contributed by atoms with van der Waals surface area (Å²) in [6.45, 7) is 2.56. The largest absolute Gasteiger partial charge is 0.380 e. The Morgan fingerprint density at radius 2 is 2.14 bits per heavy atom. The molecule has 21 heavy (non-hydrogen) atoms. The first kappa shape index (κ1) is 16.3. The fraction of sp³-hybridized carbons (Fsp3) is 0.500. The number of alkyl halides is 1. The van der Waals surface area contributed by atoms with Gasteiger partial charge < -0.3 is 9.30 Å². The zero-order chi connectivity index (χ0) is 15.6. The number of imidazole rings is 1. The third-order valence-electron chi connectivity index (χ3n) is 3.38. The Hall–Kier alpha value is -1.11. The molecule has 0 spiro atoms. The van der Waals surface area contributed by atoms with Crippen LogP contribution in [0.5, 0.6) is 0 Å². The first-order valence-corrected chi connectivity index (χ1v) is 9.08. The maximum atomic E-state index is 11.9. The number of sulfone groups is 1. The molecule has 5 nitrogen and oxygen atoms in total. The van der Waals surface area contributed by atoms with Crippen LogP contribution in [0, 0.1) is 0 Å². The molecular weight excluding hydrogens is 312 g/mol. The van der Waals surface area contributed by atoms with Crippen molar-refractivity contribution in [3.63, 3.8) is 0 Å². The number of aryl methyl sites for hydroxylation is 1. The second kappa shape index (κ2) is 6.34. The number of hydrogen-bond acceptors (Lipinski definition) is 4. The predicted octanol–water partition coefficient (Wildman–Crippen LogP) is 2.26. The van der Waals surface area contributed by atoms with E-state index in [0.717, 1.165) is 11.3 Å². The van der Waals surface area contributed by atoms with E-state index in [1.165, 1.54) is 6.26 Å². The Morgan fingerprint density at radius 3 is 2.71 bits per heavy atom. The van der Waals surface area contributed by atoms with Crippen molar-refractivity contribution >= 4 is 32.5 Å². The van der Waals surface area contributed by atoms with Gasteiger partial charge in [-0.25, -0.2) is 13.4 Å². The number of ether oxygens (including phenoxy) is 1. The van der Waals surface area contributed by atoms with Crippen molar-refractivity contribution in [2.45, 2.75) is 30.9 Å². The fourth-order valence-electron chi connectivity index (χ4n) is 2.28. The van der Waals surface area contributed by atoms with Gasteiger partial charge in [-0.05, 0) is 19.1 Å². The predicted molar refractivity (Wildman–Crippen MR) is 83.7 cm³/mol. The highest BCUT2D eigenvalue weighted by atomic mass is 35.5. The van der Waals surface area contributed by atoms with Crippen molar-refractivity contribution in [3.8, 4) is 0 Å². The van der Waals surface area contributed by atoms with E-state index in [1.54, 1.807) is 19.2 Å². The average Bonchev–Trinajstić information content (AvgIpc) is 2.76. The van der Waals surface area contributed by atoms with Crippen LogP contribution in [0.25, 0.3) is 11.0 Å². The molecule has 0 saturated carbocycles. The normalized spacial score (nSPS) is 13.7. The molecule has 0 amide bonds. The Kier molecular flexibility index (Phi) is 4.91. The van der Waals surface area contributed by atoms with E-state index >= 15 is 0 Å². The number of hydrogen-bond donors (Lipinski definition) is 0. The Balaban J connectivity index is 2.68. The summed E-state index contributed by atoms with van der Waals surface area (Å²) in [7, 11) is -1.68. The van der Waals surface area contributed by atoms with Gasteiger partial charge in [0.1, 0.15) is 11.3 Å². The number of aromatic nitrogens is 2. The molecule has 0 radical (unpaired) electrons. The van der Waals surface area contributed by atoms with Crippen LogP contribution in [-0.2, 0) is 27.5 Å². The van der Waals surface area contributed by atoms with Gasteiger partial charge >= 0.3 is 0 Å². The highest BCUT2D eigenvalue weighted by molar-refractivity contribution is 7.91. The number of fused-ring (bicyclic) bond motifs is 1. The van der Waals surface area contributed by atoms with Crippen molar-refractivity contribution in [1.29, 1.82) is 0 Å². The van der Waals surface area contributed by atoms with Crippen LogP contribution in [-0.4, -0.2) is 43.3 Å². The molecule has 1 aromatic carbocycles. The van der Waals surface area contributed by atoms with Crippen molar-refractivity contribution in [2.75, 3.05) is 19.2 Å². The first-order chi connectivity index (χ1) is 9.88. The first-order valence-electron chi connectivity index (χ1n) is 6.65. The highest BCUT2D eigenvalue weighted by Gasteiger charge is 2.19. The Bertz CT molecular complexity index is 740. The molecule has 7 heteroatoms. The molecule has 1 atom stereocenters. The zero-order valence-corrected chi connectivity index (χ0v) is 13.9. The Labute approximate surface area is 129 Å². The van der Waals surface area contributed by atoms with E-state index in [-0.39, 0.29) is 11.0 Å². The molecule has 0 aliphatic heterocycles. The van der Waals surface area contributed by atoms with Crippen molar-refractivity contribution in [1.82, 2.24) is 9.55 Å². The minimum atomic E-state index is -3.32. The fourth-order valence-corrected chi connectivity index (χ4v) is 3.28. The van der Waals surface area contributed by atoms with Crippen LogP contribution in [0.1, 0.15) is 12.7 Å². The quantitative estimate of drug-likeness (QED) is 0.762. The summed E-state index contributed by atoms with van der Waals surface area (Å²) in [5.74, 6) is 1.21. The lowest BCUT2D eigenvalue weighted by molar-refractivity contribution is 0.103. The van der Waals surface area contributed by atoms with Crippen LogP contribution < -0.4 is 0 Å². The van der Waals surface area contributed by atoms with E-state index in [4.69, 9.17) is 16.3 Å². The SMILES string of the molecule is COC(C)Cn1c(CCCl)nc2c(S(C)(=O)=O)cccc21. The van der Waals surface area contributed by atoms with Crippen molar-refractivity contribution in [2.24, 2.45) is 0 Å². The molecule has 0 bridgehead atoms. The third kappa shape index (κ3) is 3.39. The number of benzene rings is 1. The van der Waals surface area contributed by atoms with Crippen molar-refractivity contribution < 1.29 is 13.2 Å². The summed E-state index contributed by atoms with van der Waals surface area (Å²) in [5.41, 5.74) is 1.30. The van der Waals surface area contributed by atoms with Crippen LogP contribution >= 0.6 is 11.6 Å². The third-order valence-corrected chi connectivity index (χ3v) is 4.70. The molecule has 0 N–H and O–H groups in total. The van der Waals surface area contributed by atoms with E-state index in [1.807, 2.05) is 17.6 Å². The van der Waals surface area contributed by atoms with Gasteiger partial charge in [0, 0.05) is 25.7 Å². The van der Waals surface area contributed by atoms with Gasteiger partial charge in [0.25, 0.3) is 0 Å². The molecule has 2 aromatic rings. The number of nitrogens with zero attached hydrogens (tertiary/aromatic N) is 2. The second-order valence-electron chi connectivity index (χ2n) is 5.02. The van der Waals surface area contributed by atoms with E-state index in [2.05, 4.69) is 4.98 Å². The molecule has 0 fully saturated rings. The van der Waals surface area contributed by atoms with Gasteiger partial charge in [-0.3, -0.25) is 0 Å². The van der Waals surface area contributed by atoms with Gasteiger partial charge in [-0.2, -0.15) is 0 Å². The van der Waals surface area contributed by atoms with Crippen molar-refractivity contribution in [3.05, 3.63) is 24.0 Å². The lowest BCUT2D eigenvalue weighted by atomic mass is 10.3. The molecule has 0 saturated heterocycles. The molecule has 1 heterocycles. The highest BCUT2D eigenvalue weighted by Crippen LogP contribution is 2.24. The summed E-state index contributed by atoms with van der Waals surface area (Å²) in [5, 5.41) is 0. The number of para-hydroxylation sites is 1.